The lowest BCUT2D eigenvalue weighted by molar-refractivity contribution is -0.402. The van der Waals surface area contributed by atoms with E-state index < -0.39 is 417 Å². The van der Waals surface area contributed by atoms with Crippen molar-refractivity contribution in [3.05, 3.63) is 0 Å². The number of ether oxygens (including phenoxy) is 23. The van der Waals surface area contributed by atoms with Crippen molar-refractivity contribution in [2.45, 2.75) is 338 Å². The zero-order valence-corrected chi connectivity index (χ0v) is 64.4. The van der Waals surface area contributed by atoms with E-state index in [-0.39, 0.29) is 0 Å². The van der Waals surface area contributed by atoms with E-state index in [2.05, 4.69) is 0 Å². The van der Waals surface area contributed by atoms with Gasteiger partial charge in [-0.05, 0) is 0 Å². The van der Waals surface area contributed by atoms with Crippen molar-refractivity contribution in [3.63, 3.8) is 0 Å². The van der Waals surface area contributed by atoms with Gasteiger partial charge >= 0.3 is 0 Å². The molecule has 56 heteroatoms. The molecule has 0 aromatic rings. The third kappa shape index (κ3) is 21.8. The summed E-state index contributed by atoms with van der Waals surface area (Å²) in [4.78, 5) is 0. The van der Waals surface area contributed by atoms with Crippen molar-refractivity contribution < 1.29 is 277 Å². The summed E-state index contributed by atoms with van der Waals surface area (Å²) in [6.45, 7) is -10.3. The van der Waals surface area contributed by atoms with E-state index in [0.717, 1.165) is 0 Å². The Labute approximate surface area is 693 Å². The lowest BCUT2D eigenvalue weighted by Crippen LogP contribution is -2.68. The van der Waals surface area contributed by atoms with Crippen LogP contribution in [0.15, 0.2) is 0 Å². The maximum Gasteiger partial charge on any atom is 0.187 e. The van der Waals surface area contributed by atoms with Gasteiger partial charge in [0.05, 0.1) is 79.3 Å². The Hall–Kier alpha value is -2.24. The van der Waals surface area contributed by atoms with Gasteiger partial charge < -0.3 is 277 Å². The minimum Gasteiger partial charge on any atom is -0.394 e. The fraction of sp³-hybridized carbons (Fsp3) is 1.00. The van der Waals surface area contributed by atoms with Crippen molar-refractivity contribution in [2.75, 3.05) is 79.3 Å². The molecule has 12 aliphatic heterocycles. The molecule has 0 amide bonds. The molecular formula is C67H112O56. The molecule has 0 aliphatic carbocycles. The SMILES string of the molecule is OC[C@H]1O[C@@H](O[C@H]2[C@H](O)[C@@H](O)[C@H](O[C@H]3[C@H](O)[C@@H](O)[C@H](O[C@H]4[C@H](O)[C@@H](O)C(O)O[C@@H]4CO)O[C@@H]3CO[C@H]3OC[C@@H](O)[C@H](O)[C@H]3O)O[C@@H]2CO[C@H]2OC[C@@H](O)[C@H](O)[C@H]2O)[C@H](O)[C@@H](O)[C@@H]1O[C@@H]1O[C@H](CO[C@H]2OC[C@@H](O)[C@H](O)[C@H]2O)[C@@H](O[C@@H]2O[C@H](CO[C@H]3OC[C@@H](O)[C@H](O)[C@H]3O)[C@@H](O[C@@H]3O[C@H](CO[C@H]4OC[C@@H](O)[C@H](O)[C@H]4O)[C@@H](O)[C@H](O)[C@H]3O)[C@H](O)[C@H]2O)[C@H](O)[C@H]1O. The first kappa shape index (κ1) is 99.8. The Bertz CT molecular complexity index is 3180. The first-order valence-electron chi connectivity index (χ1n) is 39.2. The van der Waals surface area contributed by atoms with Crippen LogP contribution >= 0.6 is 0 Å². The third-order valence-corrected chi connectivity index (χ3v) is 23.0. The molecule has 55 atom stereocenters. The molecule has 12 fully saturated rings. The number of rotatable bonds is 29. The molecule has 0 saturated carbocycles. The Kier molecular flexibility index (Phi) is 35.0. The van der Waals surface area contributed by atoms with Crippen LogP contribution in [0.1, 0.15) is 0 Å². The topological polar surface area (TPSA) is 880 Å². The van der Waals surface area contributed by atoms with E-state index in [1.807, 2.05) is 0 Å². The minimum absolute atomic E-state index is 0.538. The number of hydrogen-bond acceptors (Lipinski definition) is 56. The van der Waals surface area contributed by atoms with E-state index in [9.17, 15) is 169 Å². The predicted molar refractivity (Wildman–Crippen MR) is 365 cm³/mol. The van der Waals surface area contributed by atoms with E-state index in [4.69, 9.17) is 109 Å². The van der Waals surface area contributed by atoms with Crippen molar-refractivity contribution >= 4 is 0 Å². The summed E-state index contributed by atoms with van der Waals surface area (Å²) in [7, 11) is 0. The molecule has 716 valence electrons. The van der Waals surface area contributed by atoms with Gasteiger partial charge in [0.15, 0.2) is 75.5 Å². The summed E-state index contributed by atoms with van der Waals surface area (Å²) in [6, 6.07) is 0. The van der Waals surface area contributed by atoms with Crippen molar-refractivity contribution in [2.24, 2.45) is 0 Å². The fourth-order valence-corrected chi connectivity index (χ4v) is 15.5. The van der Waals surface area contributed by atoms with Crippen LogP contribution in [0, 0.1) is 0 Å². The monoisotopic (exact) mass is 1810 g/mol. The van der Waals surface area contributed by atoms with E-state index in [0.29, 0.717) is 0 Å². The molecule has 12 rings (SSSR count). The molecule has 0 spiro atoms. The van der Waals surface area contributed by atoms with Crippen LogP contribution in [-0.4, -0.2) is 586 Å². The summed E-state index contributed by atoms with van der Waals surface area (Å²) in [6.07, 6.45) is -114. The van der Waals surface area contributed by atoms with Gasteiger partial charge in [0.25, 0.3) is 0 Å². The molecule has 0 bridgehead atoms. The van der Waals surface area contributed by atoms with Crippen LogP contribution in [0.25, 0.3) is 0 Å². The van der Waals surface area contributed by atoms with E-state index in [1.54, 1.807) is 0 Å². The molecule has 1 unspecified atom stereocenters. The number of aliphatic hydroxyl groups excluding tert-OH is 33. The summed E-state index contributed by atoms with van der Waals surface area (Å²) in [5, 5.41) is 362. The highest BCUT2D eigenvalue weighted by Gasteiger charge is 2.61. The van der Waals surface area contributed by atoms with Gasteiger partial charge in [0.1, 0.15) is 262 Å². The maximum absolute atomic E-state index is 12.2. The first-order chi connectivity index (χ1) is 58.2. The normalized spacial score (nSPS) is 54.2. The average Bonchev–Trinajstić information content (AvgIpc) is 0.767. The van der Waals surface area contributed by atoms with Crippen molar-refractivity contribution in [3.8, 4) is 0 Å². The number of aliphatic hydroxyl groups is 33. The van der Waals surface area contributed by atoms with Crippen LogP contribution in [0.2, 0.25) is 0 Å². The van der Waals surface area contributed by atoms with Crippen LogP contribution in [0.5, 0.6) is 0 Å². The van der Waals surface area contributed by atoms with E-state index in [1.165, 1.54) is 0 Å². The molecule has 0 aromatic carbocycles. The molecule has 12 aliphatic rings. The van der Waals surface area contributed by atoms with Gasteiger partial charge in [-0.3, -0.25) is 0 Å². The molecule has 12 heterocycles. The summed E-state index contributed by atoms with van der Waals surface area (Å²) < 4.78 is 132. The van der Waals surface area contributed by atoms with Gasteiger partial charge in [-0.2, -0.15) is 0 Å². The second-order valence-electron chi connectivity index (χ2n) is 31.6. The highest BCUT2D eigenvalue weighted by molar-refractivity contribution is 5.03. The Morgan fingerprint density at radius 3 is 0.585 bits per heavy atom. The van der Waals surface area contributed by atoms with E-state index >= 15 is 0 Å². The standard InChI is InChI=1S/C67H112O56/c68-1-18-50(32(82)38(88)56(100)111-18)118-64-46(96)34(84)54(23(114-64)11-109-60-42(92)28(78)16(73)6-104-60)122-67-49(99)37(87)53(22(117-67)10-108-59-41(91)27(77)15(72)5-103-59)121-63-45(95)33(83)51(19(2-69)112-63)119-65-47(97)35(85)55(24(115-65)12-110-61-43(93)29(79)17(74)7-105-61)123-66-48(98)36(86)52(21(116-66)9-107-58-40(90)26(76)14(71)4-102-58)120-62-44(94)31(81)30(80)20(113-62)8-106-57-39(89)25(75)13(70)3-101-57/h13-100H,1-12H2/t13-,14-,15-,16-,17-,18-,19-,20-,21-,22-,23-,24-,25+,26+,27+,28+,29+,30-,31+,32-,33-,34-,35-,36-,37-,38-,39-,40-,41-,42-,43-,44-,45-,46-,47-,48-,49-,50-,51-,52-,53-,54-,55-,56?,57-,58-,59-,60-,61-,62+,63+,64+,65+,66+,67+/m1/s1. The second kappa shape index (κ2) is 43.2. The Balaban J connectivity index is 0.765. The van der Waals surface area contributed by atoms with Gasteiger partial charge in [-0.15, -0.1) is 0 Å². The van der Waals surface area contributed by atoms with Crippen molar-refractivity contribution in [1.82, 2.24) is 0 Å². The number of hydrogen-bond donors (Lipinski definition) is 33. The lowest BCUT2D eigenvalue weighted by Gasteiger charge is -2.50. The molecule has 123 heavy (non-hydrogen) atoms. The Morgan fingerprint density at radius 1 is 0.171 bits per heavy atom. The molecule has 12 saturated heterocycles. The molecule has 0 radical (unpaired) electrons. The van der Waals surface area contributed by atoms with Crippen molar-refractivity contribution in [1.29, 1.82) is 0 Å². The third-order valence-electron chi connectivity index (χ3n) is 23.0. The fourth-order valence-electron chi connectivity index (χ4n) is 15.5. The van der Waals surface area contributed by atoms with Crippen LogP contribution in [-0.2, 0) is 109 Å². The molecular weight excluding hydrogens is 1700 g/mol. The van der Waals surface area contributed by atoms with Gasteiger partial charge in [0, 0.05) is 0 Å². The largest absolute Gasteiger partial charge is 0.394 e. The molecule has 0 aromatic heterocycles. The zero-order valence-electron chi connectivity index (χ0n) is 64.4. The quantitative estimate of drug-likeness (QED) is 0.0331. The summed E-state index contributed by atoms with van der Waals surface area (Å²) in [5.41, 5.74) is 0. The second-order valence-corrected chi connectivity index (χ2v) is 31.6. The molecule has 33 N–H and O–H groups in total. The van der Waals surface area contributed by atoms with Crippen LogP contribution < -0.4 is 0 Å². The molecule has 56 nitrogen and oxygen atoms in total. The van der Waals surface area contributed by atoms with Gasteiger partial charge in [-0.1, -0.05) is 0 Å². The zero-order chi connectivity index (χ0) is 89.5. The summed E-state index contributed by atoms with van der Waals surface area (Å²) >= 11 is 0. The van der Waals surface area contributed by atoms with Crippen LogP contribution in [0.4, 0.5) is 0 Å². The summed E-state index contributed by atoms with van der Waals surface area (Å²) in [5.74, 6) is 0. The van der Waals surface area contributed by atoms with Gasteiger partial charge in [0.2, 0.25) is 0 Å². The highest BCUT2D eigenvalue weighted by atomic mass is 16.8. The van der Waals surface area contributed by atoms with Gasteiger partial charge in [-0.25, -0.2) is 0 Å². The predicted octanol–water partition coefficient (Wildman–Crippen LogP) is -24.0. The average molecular weight is 1810 g/mol. The lowest BCUT2D eigenvalue weighted by atomic mass is 9.95. The smallest absolute Gasteiger partial charge is 0.187 e. The van der Waals surface area contributed by atoms with Crippen LogP contribution in [0.3, 0.4) is 0 Å². The maximum atomic E-state index is 12.2. The highest BCUT2D eigenvalue weighted by Crippen LogP contribution is 2.40. The first-order valence-corrected chi connectivity index (χ1v) is 39.2. The Morgan fingerprint density at radius 2 is 0.350 bits per heavy atom. The minimum atomic E-state index is -2.51.